The minimum absolute atomic E-state index is 0.466. The molecule has 0 radical (unpaired) electrons. The van der Waals surface area contributed by atoms with E-state index in [0.717, 1.165) is 18.2 Å². The van der Waals surface area contributed by atoms with Crippen molar-refractivity contribution in [1.29, 1.82) is 0 Å². The Morgan fingerprint density at radius 2 is 1.75 bits per heavy atom. The van der Waals surface area contributed by atoms with Gasteiger partial charge in [-0.1, -0.05) is 39.0 Å². The fourth-order valence-electron chi connectivity index (χ4n) is 3.27. The van der Waals surface area contributed by atoms with E-state index >= 15 is 0 Å². The van der Waals surface area contributed by atoms with Crippen LogP contribution < -0.4 is 10.1 Å². The molecule has 0 saturated heterocycles. The summed E-state index contributed by atoms with van der Waals surface area (Å²) in [6.45, 7) is 8.04. The lowest BCUT2D eigenvalue weighted by molar-refractivity contribution is 0.160. The maximum atomic E-state index is 5.41. The summed E-state index contributed by atoms with van der Waals surface area (Å²) in [6, 6.07) is 8.95. The third-order valence-electron chi connectivity index (χ3n) is 4.73. The average molecular weight is 275 g/mol. The number of hydrogen-bond donors (Lipinski definition) is 1. The molecule has 0 bridgehead atoms. The van der Waals surface area contributed by atoms with E-state index in [1.54, 1.807) is 7.11 Å². The van der Waals surface area contributed by atoms with E-state index in [-0.39, 0.29) is 0 Å². The van der Waals surface area contributed by atoms with E-state index in [0.29, 0.717) is 11.5 Å². The van der Waals surface area contributed by atoms with Gasteiger partial charge < -0.3 is 10.1 Å². The predicted octanol–water partition coefficient (Wildman–Crippen LogP) is 4.39. The molecule has 0 aliphatic heterocycles. The van der Waals surface area contributed by atoms with Crippen LogP contribution in [0.4, 0.5) is 0 Å². The minimum atomic E-state index is 0.466. The Bertz CT molecular complexity index is 414. The van der Waals surface area contributed by atoms with Gasteiger partial charge in [-0.25, -0.2) is 0 Å². The normalized spacial score (nSPS) is 23.6. The van der Waals surface area contributed by atoms with Gasteiger partial charge in [-0.2, -0.15) is 0 Å². The highest BCUT2D eigenvalue weighted by molar-refractivity contribution is 5.33. The second kappa shape index (κ2) is 6.62. The minimum Gasteiger partial charge on any atom is -0.496 e. The van der Waals surface area contributed by atoms with Gasteiger partial charge in [0.05, 0.1) is 7.11 Å². The lowest BCUT2D eigenvalue weighted by Gasteiger charge is -2.37. The van der Waals surface area contributed by atoms with E-state index in [4.69, 9.17) is 4.74 Å². The maximum Gasteiger partial charge on any atom is 0.123 e. The second-order valence-electron chi connectivity index (χ2n) is 7.11. The van der Waals surface area contributed by atoms with Crippen LogP contribution in [0.25, 0.3) is 0 Å². The zero-order chi connectivity index (χ0) is 14.6. The molecule has 0 spiro atoms. The molecule has 1 aliphatic carbocycles. The zero-order valence-electron chi connectivity index (χ0n) is 13.4. The quantitative estimate of drug-likeness (QED) is 0.880. The molecule has 1 fully saturated rings. The SMILES string of the molecule is COc1ccccc1CNC1CCC(C(C)(C)C)CC1. The van der Waals surface area contributed by atoms with E-state index in [9.17, 15) is 0 Å². The molecular formula is C18H29NO. The van der Waals surface area contributed by atoms with Crippen molar-refractivity contribution in [3.8, 4) is 5.75 Å². The Morgan fingerprint density at radius 3 is 2.35 bits per heavy atom. The summed E-state index contributed by atoms with van der Waals surface area (Å²) in [4.78, 5) is 0. The largest absolute Gasteiger partial charge is 0.496 e. The van der Waals surface area contributed by atoms with Gasteiger partial charge in [0.25, 0.3) is 0 Å². The van der Waals surface area contributed by atoms with Crippen molar-refractivity contribution in [1.82, 2.24) is 5.32 Å². The first-order valence-electron chi connectivity index (χ1n) is 7.86. The Kier molecular flexibility index (Phi) is 5.09. The molecule has 20 heavy (non-hydrogen) atoms. The number of nitrogens with one attached hydrogen (secondary N) is 1. The third kappa shape index (κ3) is 3.99. The van der Waals surface area contributed by atoms with E-state index in [2.05, 4.69) is 38.2 Å². The molecule has 2 rings (SSSR count). The van der Waals surface area contributed by atoms with Crippen LogP contribution in [-0.4, -0.2) is 13.2 Å². The second-order valence-corrected chi connectivity index (χ2v) is 7.11. The summed E-state index contributed by atoms with van der Waals surface area (Å²) in [7, 11) is 1.74. The van der Waals surface area contributed by atoms with E-state index in [1.807, 2.05) is 12.1 Å². The molecule has 1 aromatic rings. The molecule has 0 amide bonds. The van der Waals surface area contributed by atoms with Crippen LogP contribution in [0.15, 0.2) is 24.3 Å². The number of ether oxygens (including phenoxy) is 1. The molecule has 1 aliphatic rings. The van der Waals surface area contributed by atoms with Crippen molar-refractivity contribution in [2.24, 2.45) is 11.3 Å². The summed E-state index contributed by atoms with van der Waals surface area (Å²) in [5, 5.41) is 3.70. The number of methoxy groups -OCH3 is 1. The van der Waals surface area contributed by atoms with Crippen molar-refractivity contribution in [2.45, 2.75) is 59.0 Å². The average Bonchev–Trinajstić information content (AvgIpc) is 2.45. The predicted molar refractivity (Wildman–Crippen MR) is 85.0 cm³/mol. The number of para-hydroxylation sites is 1. The Morgan fingerprint density at radius 1 is 1.10 bits per heavy atom. The molecular weight excluding hydrogens is 246 g/mol. The summed E-state index contributed by atoms with van der Waals surface area (Å²) in [5.41, 5.74) is 1.72. The van der Waals surface area contributed by atoms with Crippen LogP contribution in [0.2, 0.25) is 0 Å². The molecule has 0 aromatic heterocycles. The molecule has 2 heteroatoms. The lowest BCUT2D eigenvalue weighted by atomic mass is 9.71. The van der Waals surface area contributed by atoms with E-state index in [1.165, 1.54) is 31.2 Å². The zero-order valence-corrected chi connectivity index (χ0v) is 13.4. The van der Waals surface area contributed by atoms with Crippen molar-refractivity contribution in [3.05, 3.63) is 29.8 Å². The third-order valence-corrected chi connectivity index (χ3v) is 4.73. The standard InChI is InChI=1S/C18H29NO/c1-18(2,3)15-9-11-16(12-10-15)19-13-14-7-5-6-8-17(14)20-4/h5-8,15-16,19H,9-13H2,1-4H3. The summed E-state index contributed by atoms with van der Waals surface area (Å²) in [6.07, 6.45) is 5.31. The van der Waals surface area contributed by atoms with Gasteiger partial charge in [-0.15, -0.1) is 0 Å². The van der Waals surface area contributed by atoms with Crippen LogP contribution in [0.3, 0.4) is 0 Å². The first-order chi connectivity index (χ1) is 9.50. The van der Waals surface area contributed by atoms with Gasteiger partial charge in [0.2, 0.25) is 0 Å². The van der Waals surface area contributed by atoms with Crippen LogP contribution in [0.5, 0.6) is 5.75 Å². The van der Waals surface area contributed by atoms with Crippen LogP contribution in [0, 0.1) is 11.3 Å². The van der Waals surface area contributed by atoms with Crippen LogP contribution in [-0.2, 0) is 6.54 Å². The molecule has 0 heterocycles. The summed E-state index contributed by atoms with van der Waals surface area (Å²) in [5.74, 6) is 1.87. The molecule has 2 nitrogen and oxygen atoms in total. The van der Waals surface area contributed by atoms with Crippen molar-refractivity contribution < 1.29 is 4.74 Å². The lowest BCUT2D eigenvalue weighted by Crippen LogP contribution is -2.35. The van der Waals surface area contributed by atoms with Crippen LogP contribution in [0.1, 0.15) is 52.0 Å². The molecule has 1 N–H and O–H groups in total. The van der Waals surface area contributed by atoms with Crippen molar-refractivity contribution in [3.63, 3.8) is 0 Å². The summed E-state index contributed by atoms with van der Waals surface area (Å²) < 4.78 is 5.41. The Labute approximate surface area is 123 Å². The fraction of sp³-hybridized carbons (Fsp3) is 0.667. The number of hydrogen-bond acceptors (Lipinski definition) is 2. The Balaban J connectivity index is 1.82. The molecule has 112 valence electrons. The highest BCUT2D eigenvalue weighted by Crippen LogP contribution is 2.37. The Hall–Kier alpha value is -1.02. The van der Waals surface area contributed by atoms with Gasteiger partial charge in [-0.3, -0.25) is 0 Å². The highest BCUT2D eigenvalue weighted by atomic mass is 16.5. The molecule has 0 unspecified atom stereocenters. The van der Waals surface area contributed by atoms with Gasteiger partial charge in [0.1, 0.15) is 5.75 Å². The fourth-order valence-corrected chi connectivity index (χ4v) is 3.27. The topological polar surface area (TPSA) is 21.3 Å². The van der Waals surface area contributed by atoms with Crippen LogP contribution >= 0.6 is 0 Å². The molecule has 1 aromatic carbocycles. The van der Waals surface area contributed by atoms with E-state index < -0.39 is 0 Å². The van der Waals surface area contributed by atoms with Gasteiger partial charge in [0, 0.05) is 18.2 Å². The first kappa shape index (κ1) is 15.4. The molecule has 0 atom stereocenters. The highest BCUT2D eigenvalue weighted by Gasteiger charge is 2.29. The number of rotatable bonds is 4. The maximum absolute atomic E-state index is 5.41. The number of benzene rings is 1. The van der Waals surface area contributed by atoms with Crippen molar-refractivity contribution in [2.75, 3.05) is 7.11 Å². The van der Waals surface area contributed by atoms with Gasteiger partial charge in [-0.05, 0) is 43.1 Å². The first-order valence-corrected chi connectivity index (χ1v) is 7.86. The summed E-state index contributed by atoms with van der Waals surface area (Å²) >= 11 is 0. The smallest absolute Gasteiger partial charge is 0.123 e. The van der Waals surface area contributed by atoms with Gasteiger partial charge in [0.15, 0.2) is 0 Å². The van der Waals surface area contributed by atoms with Gasteiger partial charge >= 0.3 is 0 Å². The molecule has 1 saturated carbocycles. The van der Waals surface area contributed by atoms with Crippen molar-refractivity contribution >= 4 is 0 Å². The monoisotopic (exact) mass is 275 g/mol.